The average Bonchev–Trinajstić information content (AvgIpc) is 3.55. The normalized spacial score (nSPS) is 16.6. The van der Waals surface area contributed by atoms with Gasteiger partial charge in [-0.25, -0.2) is 9.50 Å². The molecule has 6 aromatic rings. The Kier molecular flexibility index (Phi) is 7.21. The quantitative estimate of drug-likeness (QED) is 0.194. The Bertz CT molecular complexity index is 2090. The number of ether oxygens (including phenoxy) is 2. The lowest BCUT2D eigenvalue weighted by molar-refractivity contribution is -0.138. The van der Waals surface area contributed by atoms with Crippen LogP contribution in [-0.4, -0.2) is 34.8 Å². The highest BCUT2D eigenvalue weighted by atomic mass is 35.5. The summed E-state index contributed by atoms with van der Waals surface area (Å²) in [6.45, 7) is 0.387. The molecular weight excluding hydrogens is 611 g/mol. The largest absolute Gasteiger partial charge is 0.450 e. The van der Waals surface area contributed by atoms with Crippen molar-refractivity contribution in [3.8, 4) is 11.5 Å². The van der Waals surface area contributed by atoms with E-state index in [1.807, 2.05) is 48.5 Å². The van der Waals surface area contributed by atoms with Crippen LogP contribution in [0.4, 0.5) is 24.8 Å². The lowest BCUT2D eigenvalue weighted by atomic mass is 9.88. The Labute approximate surface area is 258 Å². The molecule has 0 aliphatic heterocycles. The van der Waals surface area contributed by atoms with Crippen LogP contribution >= 0.6 is 11.6 Å². The van der Waals surface area contributed by atoms with Crippen molar-refractivity contribution in [3.63, 3.8) is 0 Å². The molecule has 0 radical (unpaired) electrons. The lowest BCUT2D eigenvalue weighted by Gasteiger charge is -2.36. The fourth-order valence-electron chi connectivity index (χ4n) is 5.33. The van der Waals surface area contributed by atoms with Crippen molar-refractivity contribution >= 4 is 39.9 Å². The van der Waals surface area contributed by atoms with Crippen molar-refractivity contribution in [3.05, 3.63) is 106 Å². The number of rotatable bonds is 8. The van der Waals surface area contributed by atoms with Crippen molar-refractivity contribution < 1.29 is 22.6 Å². The highest BCUT2D eigenvalue weighted by molar-refractivity contribution is 6.36. The van der Waals surface area contributed by atoms with Gasteiger partial charge in [-0.3, -0.25) is 4.79 Å². The van der Waals surface area contributed by atoms with E-state index in [-0.39, 0.29) is 34.2 Å². The van der Waals surface area contributed by atoms with Crippen LogP contribution < -0.4 is 15.6 Å². The topological polar surface area (TPSA) is 100 Å². The van der Waals surface area contributed by atoms with E-state index in [4.69, 9.17) is 21.1 Å². The summed E-state index contributed by atoms with van der Waals surface area (Å²) in [6.07, 6.45) is 1.56. The first kappa shape index (κ1) is 28.9. The molecule has 14 heteroatoms. The maximum absolute atomic E-state index is 13.9. The number of pyridine rings is 3. The van der Waals surface area contributed by atoms with Crippen LogP contribution in [0.15, 0.2) is 84.2 Å². The fourth-order valence-corrected chi connectivity index (χ4v) is 5.63. The van der Waals surface area contributed by atoms with Crippen LogP contribution in [0.5, 0.6) is 11.5 Å². The van der Waals surface area contributed by atoms with Crippen molar-refractivity contribution in [2.45, 2.75) is 37.8 Å². The van der Waals surface area contributed by atoms with Gasteiger partial charge in [0.05, 0.1) is 30.7 Å². The number of fused-ring (bicyclic) bond motifs is 2. The first-order valence-electron chi connectivity index (χ1n) is 14.0. The highest BCUT2D eigenvalue weighted by Gasteiger charge is 2.37. The SMILES string of the molecule is Cn1c(Nc2cc(C(F)(F)F)cn(C3CC(OCc4ccccc4)C3)c2=O)nc2ncc(Oc3cnn4ccccc34)c(Cl)c21. The molecule has 5 heterocycles. The van der Waals surface area contributed by atoms with E-state index >= 15 is 0 Å². The van der Waals surface area contributed by atoms with Crippen molar-refractivity contribution in [2.24, 2.45) is 7.05 Å². The predicted octanol–water partition coefficient (Wildman–Crippen LogP) is 6.91. The van der Waals surface area contributed by atoms with E-state index in [0.717, 1.165) is 22.4 Å². The summed E-state index contributed by atoms with van der Waals surface area (Å²) in [4.78, 5) is 22.2. The number of alkyl halides is 3. The van der Waals surface area contributed by atoms with E-state index in [9.17, 15) is 18.0 Å². The second-order valence-corrected chi connectivity index (χ2v) is 11.1. The number of anilines is 2. The molecule has 1 fully saturated rings. The van der Waals surface area contributed by atoms with Gasteiger partial charge in [0.1, 0.15) is 21.7 Å². The summed E-state index contributed by atoms with van der Waals surface area (Å²) in [5.41, 5.74) is 0.419. The molecule has 0 saturated heterocycles. The third-order valence-electron chi connectivity index (χ3n) is 7.82. The van der Waals surface area contributed by atoms with Gasteiger partial charge in [-0.1, -0.05) is 48.0 Å². The maximum Gasteiger partial charge on any atom is 0.417 e. The summed E-state index contributed by atoms with van der Waals surface area (Å²) in [7, 11) is 1.61. The molecule has 0 unspecified atom stereocenters. The first-order valence-corrected chi connectivity index (χ1v) is 14.4. The smallest absolute Gasteiger partial charge is 0.417 e. The van der Waals surface area contributed by atoms with Gasteiger partial charge in [0.15, 0.2) is 17.1 Å². The van der Waals surface area contributed by atoms with Gasteiger partial charge in [0, 0.05) is 25.5 Å². The molecule has 5 aromatic heterocycles. The van der Waals surface area contributed by atoms with E-state index in [1.54, 1.807) is 24.0 Å². The van der Waals surface area contributed by atoms with E-state index in [1.165, 1.54) is 10.8 Å². The molecule has 0 bridgehead atoms. The van der Waals surface area contributed by atoms with Crippen LogP contribution in [0.25, 0.3) is 16.7 Å². The van der Waals surface area contributed by atoms with Crippen molar-refractivity contribution in [1.82, 2.24) is 28.7 Å². The molecule has 10 nitrogen and oxygen atoms in total. The van der Waals surface area contributed by atoms with Crippen molar-refractivity contribution in [2.75, 3.05) is 5.32 Å². The number of imidazole rings is 1. The van der Waals surface area contributed by atoms with Gasteiger partial charge in [-0.2, -0.15) is 23.3 Å². The molecule has 1 saturated carbocycles. The van der Waals surface area contributed by atoms with Crippen LogP contribution in [-0.2, 0) is 24.6 Å². The maximum atomic E-state index is 13.9. The third kappa shape index (κ3) is 5.49. The number of hydrogen-bond acceptors (Lipinski definition) is 7. The molecule has 1 aromatic carbocycles. The summed E-state index contributed by atoms with van der Waals surface area (Å²) in [5, 5.41) is 7.22. The number of aromatic nitrogens is 6. The number of hydrogen-bond donors (Lipinski definition) is 1. The molecule has 7 rings (SSSR count). The molecule has 0 atom stereocenters. The zero-order valence-corrected chi connectivity index (χ0v) is 24.5. The van der Waals surface area contributed by atoms with Gasteiger partial charge in [0.25, 0.3) is 5.56 Å². The van der Waals surface area contributed by atoms with Gasteiger partial charge in [-0.05, 0) is 36.6 Å². The number of halogens is 4. The van der Waals surface area contributed by atoms with E-state index in [2.05, 4.69) is 20.4 Å². The summed E-state index contributed by atoms with van der Waals surface area (Å²) < 4.78 is 58.0. The number of aryl methyl sites for hydroxylation is 1. The molecule has 1 aliphatic rings. The Morgan fingerprint density at radius 2 is 1.84 bits per heavy atom. The highest BCUT2D eigenvalue weighted by Crippen LogP contribution is 2.39. The lowest BCUT2D eigenvalue weighted by Crippen LogP contribution is -2.39. The van der Waals surface area contributed by atoms with Crippen LogP contribution in [0.2, 0.25) is 5.02 Å². The van der Waals surface area contributed by atoms with Gasteiger partial charge >= 0.3 is 6.18 Å². The van der Waals surface area contributed by atoms with Crippen LogP contribution in [0.1, 0.15) is 30.0 Å². The second-order valence-electron chi connectivity index (χ2n) is 10.8. The van der Waals surface area contributed by atoms with Gasteiger partial charge < -0.3 is 23.9 Å². The van der Waals surface area contributed by atoms with Gasteiger partial charge in [0.2, 0.25) is 5.95 Å². The van der Waals surface area contributed by atoms with E-state index < -0.39 is 23.3 Å². The van der Waals surface area contributed by atoms with Gasteiger partial charge in [-0.15, -0.1) is 0 Å². The Morgan fingerprint density at radius 1 is 1.07 bits per heavy atom. The molecule has 1 N–H and O–H groups in total. The van der Waals surface area contributed by atoms with Crippen molar-refractivity contribution in [1.29, 1.82) is 0 Å². The molecule has 45 heavy (non-hydrogen) atoms. The first-order chi connectivity index (χ1) is 21.7. The summed E-state index contributed by atoms with van der Waals surface area (Å²) in [5.74, 6) is 0.758. The minimum absolute atomic E-state index is 0.0770. The second kappa shape index (κ2) is 11.2. The molecule has 0 spiro atoms. The minimum atomic E-state index is -4.68. The third-order valence-corrected chi connectivity index (χ3v) is 8.19. The number of nitrogens with one attached hydrogen (secondary N) is 1. The Balaban J connectivity index is 1.15. The van der Waals surface area contributed by atoms with Crippen LogP contribution in [0, 0.1) is 0 Å². The molecule has 0 amide bonds. The minimum Gasteiger partial charge on any atom is -0.450 e. The predicted molar refractivity (Wildman–Crippen MR) is 161 cm³/mol. The number of benzene rings is 1. The zero-order valence-electron chi connectivity index (χ0n) is 23.7. The standard InChI is InChI=1S/C31H25ClF3N7O3/c1-40-27-26(32)25(45-24-15-37-42-10-6-5-9-23(24)42)14-36-28(27)39-30(40)38-22-11-19(31(33,34)35)16-41(29(22)43)20-12-21(13-20)44-17-18-7-3-2-4-8-18/h2-11,14-16,20-21H,12-13,17H2,1H3,(H,36,38,39). The monoisotopic (exact) mass is 635 g/mol. The van der Waals surface area contributed by atoms with E-state index in [0.29, 0.717) is 36.2 Å². The number of nitrogens with zero attached hydrogens (tertiary/aromatic N) is 6. The zero-order chi connectivity index (χ0) is 31.3. The fraction of sp³-hybridized carbons (Fsp3) is 0.226. The van der Waals surface area contributed by atoms with Crippen LogP contribution in [0.3, 0.4) is 0 Å². The Hall–Kier alpha value is -4.88. The average molecular weight is 636 g/mol. The summed E-state index contributed by atoms with van der Waals surface area (Å²) in [6, 6.07) is 15.4. The molecular formula is C31H25ClF3N7O3. The Morgan fingerprint density at radius 3 is 2.62 bits per heavy atom. The molecule has 230 valence electrons. The molecule has 1 aliphatic carbocycles. The summed E-state index contributed by atoms with van der Waals surface area (Å²) >= 11 is 6.71.